The molecule has 19 heavy (non-hydrogen) atoms. The number of aromatic nitrogens is 3. The number of esters is 1. The fourth-order valence-electron chi connectivity index (χ4n) is 1.52. The van der Waals surface area contributed by atoms with Crippen molar-refractivity contribution in [3.8, 4) is 0 Å². The summed E-state index contributed by atoms with van der Waals surface area (Å²) in [6, 6.07) is 5.46. The summed E-state index contributed by atoms with van der Waals surface area (Å²) in [6.45, 7) is 1.84. The molecule has 1 N–H and O–H groups in total. The minimum absolute atomic E-state index is 0.339. The smallest absolute Gasteiger partial charge is 0.338 e. The Labute approximate surface area is 123 Å². The zero-order chi connectivity index (χ0) is 13.8. The van der Waals surface area contributed by atoms with Crippen molar-refractivity contribution in [2.45, 2.75) is 17.8 Å². The molecule has 1 aromatic carbocycles. The molecule has 2 rings (SSSR count). The van der Waals surface area contributed by atoms with Crippen molar-refractivity contribution in [3.63, 3.8) is 0 Å². The number of methoxy groups -OCH3 is 1. The van der Waals surface area contributed by atoms with E-state index >= 15 is 0 Å². The zero-order valence-electron chi connectivity index (χ0n) is 10.4. The number of carbonyl (C=O) groups excluding carboxylic acids is 1. The van der Waals surface area contributed by atoms with Crippen LogP contribution in [-0.4, -0.2) is 28.3 Å². The highest BCUT2D eigenvalue weighted by molar-refractivity contribution is 9.10. The number of aromatic amines is 1. The molecule has 0 spiro atoms. The summed E-state index contributed by atoms with van der Waals surface area (Å²) >= 11 is 4.86. The monoisotopic (exact) mass is 341 g/mol. The zero-order valence-corrected chi connectivity index (χ0v) is 12.8. The molecule has 0 aliphatic carbocycles. The van der Waals surface area contributed by atoms with Crippen LogP contribution < -0.4 is 0 Å². The summed E-state index contributed by atoms with van der Waals surface area (Å²) in [5, 5.41) is 7.49. The summed E-state index contributed by atoms with van der Waals surface area (Å²) in [6.07, 6.45) is 0. The number of aryl methyl sites for hydroxylation is 1. The minimum atomic E-state index is -0.339. The molecule has 0 amide bonds. The van der Waals surface area contributed by atoms with Gasteiger partial charge in [-0.3, -0.25) is 5.10 Å². The molecule has 0 saturated heterocycles. The van der Waals surface area contributed by atoms with Gasteiger partial charge in [0.05, 0.1) is 12.7 Å². The number of hydrogen-bond donors (Lipinski definition) is 1. The number of hydrogen-bond acceptors (Lipinski definition) is 5. The van der Waals surface area contributed by atoms with Crippen LogP contribution in [0.25, 0.3) is 0 Å². The molecule has 5 nitrogen and oxygen atoms in total. The Kier molecular flexibility index (Phi) is 4.60. The van der Waals surface area contributed by atoms with E-state index < -0.39 is 0 Å². The highest BCUT2D eigenvalue weighted by atomic mass is 79.9. The summed E-state index contributed by atoms with van der Waals surface area (Å²) in [5.74, 6) is 1.03. The fraction of sp³-hybridized carbons (Fsp3) is 0.250. The summed E-state index contributed by atoms with van der Waals surface area (Å²) in [4.78, 5) is 15.9. The molecule has 0 aliphatic heterocycles. The van der Waals surface area contributed by atoms with Crippen LogP contribution in [-0.2, 0) is 10.5 Å². The minimum Gasteiger partial charge on any atom is -0.465 e. The maximum Gasteiger partial charge on any atom is 0.338 e. The topological polar surface area (TPSA) is 67.9 Å². The molecule has 100 valence electrons. The third-order valence-corrected chi connectivity index (χ3v) is 3.80. The van der Waals surface area contributed by atoms with E-state index in [9.17, 15) is 4.79 Å². The maximum atomic E-state index is 11.7. The second-order valence-electron chi connectivity index (χ2n) is 3.79. The van der Waals surface area contributed by atoms with Crippen molar-refractivity contribution in [2.24, 2.45) is 0 Å². The molecule has 1 aromatic heterocycles. The van der Waals surface area contributed by atoms with Gasteiger partial charge in [-0.05, 0) is 30.7 Å². The van der Waals surface area contributed by atoms with E-state index in [-0.39, 0.29) is 5.97 Å². The number of nitrogens with zero attached hydrogens (tertiary/aromatic N) is 2. The largest absolute Gasteiger partial charge is 0.465 e. The van der Waals surface area contributed by atoms with Crippen molar-refractivity contribution in [1.29, 1.82) is 0 Å². The Morgan fingerprint density at radius 3 is 2.95 bits per heavy atom. The van der Waals surface area contributed by atoms with Crippen LogP contribution >= 0.6 is 27.7 Å². The van der Waals surface area contributed by atoms with E-state index in [1.54, 1.807) is 6.07 Å². The number of benzene rings is 1. The van der Waals surface area contributed by atoms with Crippen molar-refractivity contribution >= 4 is 33.7 Å². The van der Waals surface area contributed by atoms with Gasteiger partial charge in [0, 0.05) is 10.2 Å². The predicted molar refractivity (Wildman–Crippen MR) is 76.2 cm³/mol. The lowest BCUT2D eigenvalue weighted by atomic mass is 10.1. The van der Waals surface area contributed by atoms with Gasteiger partial charge in [0.25, 0.3) is 0 Å². The van der Waals surface area contributed by atoms with E-state index in [4.69, 9.17) is 4.74 Å². The van der Waals surface area contributed by atoms with Gasteiger partial charge in [0.2, 0.25) is 5.16 Å². The number of rotatable bonds is 4. The van der Waals surface area contributed by atoms with Crippen molar-refractivity contribution in [2.75, 3.05) is 7.11 Å². The molecule has 0 radical (unpaired) electrons. The summed E-state index contributed by atoms with van der Waals surface area (Å²) < 4.78 is 5.69. The Morgan fingerprint density at radius 2 is 2.32 bits per heavy atom. The molecule has 0 bridgehead atoms. The van der Waals surface area contributed by atoms with Gasteiger partial charge in [-0.15, -0.1) is 5.10 Å². The average molecular weight is 342 g/mol. The standard InChI is InChI=1S/C12H12BrN3O2S/c1-7-14-12(16-15-7)19-6-8-5-9(13)3-4-10(8)11(17)18-2/h3-5H,6H2,1-2H3,(H,14,15,16). The molecular formula is C12H12BrN3O2S. The Balaban J connectivity index is 2.18. The second-order valence-corrected chi connectivity index (χ2v) is 5.64. The number of halogens is 1. The lowest BCUT2D eigenvalue weighted by Crippen LogP contribution is -2.05. The molecule has 0 atom stereocenters. The highest BCUT2D eigenvalue weighted by Gasteiger charge is 2.13. The van der Waals surface area contributed by atoms with Crippen LogP contribution in [0.1, 0.15) is 21.7 Å². The molecule has 1 heterocycles. The summed E-state index contributed by atoms with van der Waals surface area (Å²) in [7, 11) is 1.37. The van der Waals surface area contributed by atoms with Crippen LogP contribution in [0.4, 0.5) is 0 Å². The molecule has 0 saturated carbocycles. The van der Waals surface area contributed by atoms with E-state index in [0.717, 1.165) is 15.9 Å². The molecule has 0 unspecified atom stereocenters. The Bertz CT molecular complexity index is 600. The molecule has 0 fully saturated rings. The van der Waals surface area contributed by atoms with Gasteiger partial charge in [-0.1, -0.05) is 27.7 Å². The normalized spacial score (nSPS) is 10.5. The van der Waals surface area contributed by atoms with E-state index in [1.807, 2.05) is 19.1 Å². The van der Waals surface area contributed by atoms with Crippen molar-refractivity contribution in [3.05, 3.63) is 39.6 Å². The first-order valence-electron chi connectivity index (χ1n) is 5.48. The number of nitrogens with one attached hydrogen (secondary N) is 1. The number of thioether (sulfide) groups is 1. The predicted octanol–water partition coefficient (Wildman–Crippen LogP) is 2.95. The van der Waals surface area contributed by atoms with Gasteiger partial charge in [-0.2, -0.15) is 0 Å². The first kappa shape index (κ1) is 14.1. The number of H-pyrrole nitrogens is 1. The quantitative estimate of drug-likeness (QED) is 0.683. The molecule has 0 aliphatic rings. The van der Waals surface area contributed by atoms with Crippen LogP contribution in [0.3, 0.4) is 0 Å². The second kappa shape index (κ2) is 6.21. The Morgan fingerprint density at radius 1 is 1.53 bits per heavy atom. The Hall–Kier alpha value is -1.34. The highest BCUT2D eigenvalue weighted by Crippen LogP contribution is 2.25. The molecular weight excluding hydrogens is 330 g/mol. The fourth-order valence-corrected chi connectivity index (χ4v) is 2.76. The number of carbonyl (C=O) groups is 1. The average Bonchev–Trinajstić information content (AvgIpc) is 2.81. The van der Waals surface area contributed by atoms with Crippen LogP contribution in [0.5, 0.6) is 0 Å². The van der Waals surface area contributed by atoms with E-state index in [1.165, 1.54) is 18.9 Å². The molecule has 7 heteroatoms. The number of ether oxygens (including phenoxy) is 1. The van der Waals surface area contributed by atoms with Crippen LogP contribution in [0.2, 0.25) is 0 Å². The summed E-state index contributed by atoms with van der Waals surface area (Å²) in [5.41, 5.74) is 1.44. The molecule has 2 aromatic rings. The first-order chi connectivity index (χ1) is 9.10. The SMILES string of the molecule is COC(=O)c1ccc(Br)cc1CSc1n[nH]c(C)n1. The van der Waals surface area contributed by atoms with Crippen molar-refractivity contribution < 1.29 is 9.53 Å². The van der Waals surface area contributed by atoms with Gasteiger partial charge >= 0.3 is 5.97 Å². The van der Waals surface area contributed by atoms with E-state index in [0.29, 0.717) is 16.5 Å². The van der Waals surface area contributed by atoms with E-state index in [2.05, 4.69) is 31.1 Å². The van der Waals surface area contributed by atoms with Crippen LogP contribution in [0.15, 0.2) is 27.8 Å². The lowest BCUT2D eigenvalue weighted by Gasteiger charge is -2.07. The van der Waals surface area contributed by atoms with Crippen LogP contribution in [0, 0.1) is 6.92 Å². The maximum absolute atomic E-state index is 11.7. The van der Waals surface area contributed by atoms with Gasteiger partial charge < -0.3 is 4.74 Å². The third-order valence-electron chi connectivity index (χ3n) is 2.41. The van der Waals surface area contributed by atoms with Gasteiger partial charge in [0.15, 0.2) is 0 Å². The lowest BCUT2D eigenvalue weighted by molar-refractivity contribution is 0.0600. The van der Waals surface area contributed by atoms with Gasteiger partial charge in [0.1, 0.15) is 5.82 Å². The third kappa shape index (κ3) is 3.57. The van der Waals surface area contributed by atoms with Gasteiger partial charge in [-0.25, -0.2) is 9.78 Å². The first-order valence-corrected chi connectivity index (χ1v) is 7.26. The van der Waals surface area contributed by atoms with Crippen molar-refractivity contribution in [1.82, 2.24) is 15.2 Å².